The third kappa shape index (κ3) is 3.15. The van der Waals surface area contributed by atoms with Gasteiger partial charge in [0.2, 0.25) is 10.0 Å². The molecule has 0 aliphatic heterocycles. The van der Waals surface area contributed by atoms with Gasteiger partial charge in [0.25, 0.3) is 0 Å². The molecule has 20 heavy (non-hydrogen) atoms. The summed E-state index contributed by atoms with van der Waals surface area (Å²) >= 11 is 1.56. The zero-order valence-corrected chi connectivity index (χ0v) is 12.8. The molecule has 0 aliphatic rings. The lowest BCUT2D eigenvalue weighted by molar-refractivity contribution is 0.568. The number of nitrogens with zero attached hydrogens (tertiary/aromatic N) is 1. The molecular formula is C12H16N4O2S2. The first-order valence-electron chi connectivity index (χ1n) is 5.94. The van der Waals surface area contributed by atoms with Gasteiger partial charge in [-0.3, -0.25) is 0 Å². The largest absolute Gasteiger partial charge is 0.307 e. The minimum absolute atomic E-state index is 0.0302. The predicted molar refractivity (Wildman–Crippen MR) is 79.8 cm³/mol. The van der Waals surface area contributed by atoms with Crippen LogP contribution in [0.2, 0.25) is 0 Å². The summed E-state index contributed by atoms with van der Waals surface area (Å²) in [6.45, 7) is 3.78. The summed E-state index contributed by atoms with van der Waals surface area (Å²) in [4.78, 5) is 6.02. The van der Waals surface area contributed by atoms with Gasteiger partial charge in [0.05, 0.1) is 6.04 Å². The number of aryl methyl sites for hydroxylation is 1. The second-order valence-corrected chi connectivity index (χ2v) is 7.29. The number of pyridine rings is 1. The molecule has 0 amide bonds. The smallest absolute Gasteiger partial charge is 0.244 e. The van der Waals surface area contributed by atoms with Crippen LogP contribution in [0.4, 0.5) is 5.82 Å². The van der Waals surface area contributed by atoms with Crippen LogP contribution in [0.25, 0.3) is 0 Å². The van der Waals surface area contributed by atoms with Crippen molar-refractivity contribution in [3.05, 3.63) is 40.2 Å². The van der Waals surface area contributed by atoms with Crippen molar-refractivity contribution in [1.29, 1.82) is 0 Å². The topological polar surface area (TPSA) is 97.1 Å². The molecule has 0 saturated heterocycles. The van der Waals surface area contributed by atoms with Crippen molar-refractivity contribution in [2.75, 3.05) is 5.43 Å². The van der Waals surface area contributed by atoms with Crippen LogP contribution in [0.5, 0.6) is 0 Å². The number of hydrogen-bond donors (Lipinski definition) is 3. The molecule has 1 unspecified atom stereocenters. The summed E-state index contributed by atoms with van der Waals surface area (Å²) in [6, 6.07) is 6.57. The van der Waals surface area contributed by atoms with Crippen molar-refractivity contribution >= 4 is 27.2 Å². The maximum atomic E-state index is 12.4. The van der Waals surface area contributed by atoms with Gasteiger partial charge in [0.15, 0.2) is 5.82 Å². The van der Waals surface area contributed by atoms with E-state index in [2.05, 4.69) is 15.1 Å². The van der Waals surface area contributed by atoms with Gasteiger partial charge >= 0.3 is 0 Å². The van der Waals surface area contributed by atoms with Crippen molar-refractivity contribution in [3.8, 4) is 0 Å². The van der Waals surface area contributed by atoms with Gasteiger partial charge in [0.1, 0.15) is 4.90 Å². The number of thiophene rings is 1. The lowest BCUT2D eigenvalue weighted by Gasteiger charge is -2.14. The van der Waals surface area contributed by atoms with Crippen LogP contribution in [-0.2, 0) is 10.0 Å². The number of nitrogens with one attached hydrogen (secondary N) is 2. The Morgan fingerprint density at radius 3 is 2.70 bits per heavy atom. The van der Waals surface area contributed by atoms with E-state index in [-0.39, 0.29) is 16.8 Å². The summed E-state index contributed by atoms with van der Waals surface area (Å²) < 4.78 is 27.3. The first-order valence-corrected chi connectivity index (χ1v) is 8.24. The number of rotatable bonds is 5. The zero-order chi connectivity index (χ0) is 14.8. The first kappa shape index (κ1) is 14.9. The van der Waals surface area contributed by atoms with E-state index in [1.807, 2.05) is 19.1 Å². The fourth-order valence-electron chi connectivity index (χ4n) is 1.76. The highest BCUT2D eigenvalue weighted by Gasteiger charge is 2.22. The van der Waals surface area contributed by atoms with Gasteiger partial charge in [-0.15, -0.1) is 11.3 Å². The normalized spacial score (nSPS) is 13.2. The molecule has 0 bridgehead atoms. The molecule has 0 saturated carbocycles. The molecule has 2 aromatic rings. The number of nitrogens with two attached hydrogens (primary N) is 1. The third-order valence-electron chi connectivity index (χ3n) is 2.72. The zero-order valence-electron chi connectivity index (χ0n) is 11.1. The second kappa shape index (κ2) is 5.88. The maximum absolute atomic E-state index is 12.4. The van der Waals surface area contributed by atoms with Gasteiger partial charge in [-0.05, 0) is 38.1 Å². The molecular weight excluding hydrogens is 296 g/mol. The quantitative estimate of drug-likeness (QED) is 0.577. The molecule has 0 aromatic carbocycles. The minimum atomic E-state index is -3.69. The fourth-order valence-corrected chi connectivity index (χ4v) is 4.05. The number of nitrogen functional groups attached to an aromatic ring is 1. The van der Waals surface area contributed by atoms with Crippen LogP contribution >= 0.6 is 11.3 Å². The van der Waals surface area contributed by atoms with Crippen LogP contribution in [0, 0.1) is 6.92 Å². The van der Waals surface area contributed by atoms with E-state index in [9.17, 15) is 8.42 Å². The van der Waals surface area contributed by atoms with Crippen molar-refractivity contribution in [3.63, 3.8) is 0 Å². The molecule has 108 valence electrons. The van der Waals surface area contributed by atoms with Crippen molar-refractivity contribution in [1.82, 2.24) is 9.71 Å². The Kier molecular flexibility index (Phi) is 4.39. The van der Waals surface area contributed by atoms with Gasteiger partial charge in [-0.2, -0.15) is 0 Å². The number of hydrazine groups is 1. The van der Waals surface area contributed by atoms with Crippen molar-refractivity contribution in [2.45, 2.75) is 24.8 Å². The van der Waals surface area contributed by atoms with Crippen LogP contribution in [-0.4, -0.2) is 13.4 Å². The lowest BCUT2D eigenvalue weighted by Crippen LogP contribution is -2.28. The van der Waals surface area contributed by atoms with Crippen LogP contribution in [0.1, 0.15) is 22.7 Å². The van der Waals surface area contributed by atoms with E-state index < -0.39 is 10.0 Å². The molecule has 2 rings (SSSR count). The molecule has 0 spiro atoms. The second-order valence-electron chi connectivity index (χ2n) is 4.29. The number of anilines is 1. The van der Waals surface area contributed by atoms with E-state index in [4.69, 9.17) is 5.84 Å². The lowest BCUT2D eigenvalue weighted by atomic mass is 10.3. The highest BCUT2D eigenvalue weighted by atomic mass is 32.2. The van der Waals surface area contributed by atoms with Gasteiger partial charge in [0, 0.05) is 16.0 Å². The Morgan fingerprint density at radius 1 is 1.35 bits per heavy atom. The summed E-state index contributed by atoms with van der Waals surface area (Å²) in [5.74, 6) is 5.41. The molecule has 0 aliphatic carbocycles. The molecule has 8 heteroatoms. The van der Waals surface area contributed by atoms with Crippen LogP contribution in [0.15, 0.2) is 35.4 Å². The Morgan fingerprint density at radius 2 is 2.10 bits per heavy atom. The van der Waals surface area contributed by atoms with E-state index in [1.165, 1.54) is 12.3 Å². The highest BCUT2D eigenvalue weighted by Crippen LogP contribution is 2.25. The average molecular weight is 312 g/mol. The molecule has 6 nitrogen and oxygen atoms in total. The predicted octanol–water partition coefficient (Wildman–Crippen LogP) is 1.78. The van der Waals surface area contributed by atoms with Crippen LogP contribution < -0.4 is 16.0 Å². The van der Waals surface area contributed by atoms with Crippen molar-refractivity contribution < 1.29 is 8.42 Å². The average Bonchev–Trinajstić information content (AvgIpc) is 2.85. The number of hydrogen-bond acceptors (Lipinski definition) is 6. The Balaban J connectivity index is 2.27. The van der Waals surface area contributed by atoms with E-state index in [1.54, 1.807) is 24.3 Å². The van der Waals surface area contributed by atoms with E-state index in [0.29, 0.717) is 0 Å². The summed E-state index contributed by atoms with van der Waals surface area (Å²) in [5, 5.41) is 0. The first-order chi connectivity index (χ1) is 9.44. The molecule has 0 radical (unpaired) electrons. The molecule has 2 aromatic heterocycles. The number of aromatic nitrogens is 1. The molecule has 1 atom stereocenters. The summed E-state index contributed by atoms with van der Waals surface area (Å²) in [6.07, 6.45) is 1.47. The van der Waals surface area contributed by atoms with Gasteiger partial charge < -0.3 is 5.43 Å². The molecule has 4 N–H and O–H groups in total. The summed E-state index contributed by atoms with van der Waals surface area (Å²) in [5.41, 5.74) is 2.29. The van der Waals surface area contributed by atoms with E-state index in [0.717, 1.165) is 9.75 Å². The monoisotopic (exact) mass is 312 g/mol. The Hall–Kier alpha value is -1.48. The summed E-state index contributed by atoms with van der Waals surface area (Å²) in [7, 11) is -3.69. The fraction of sp³-hybridized carbons (Fsp3) is 0.250. The molecule has 2 heterocycles. The standard InChI is InChI=1S/C12H16N4O2S2/c1-8-5-6-10(19-8)9(2)16-20(17,18)11-4-3-7-14-12(11)15-13/h3-7,9,16H,13H2,1-2H3,(H,14,15). The maximum Gasteiger partial charge on any atom is 0.244 e. The van der Waals surface area contributed by atoms with Gasteiger partial charge in [-0.1, -0.05) is 0 Å². The number of sulfonamides is 1. The highest BCUT2D eigenvalue weighted by molar-refractivity contribution is 7.89. The Bertz CT molecular complexity index is 697. The Labute approximate surface area is 122 Å². The molecule has 0 fully saturated rings. The van der Waals surface area contributed by atoms with Gasteiger partial charge in [-0.25, -0.2) is 24.0 Å². The van der Waals surface area contributed by atoms with Crippen LogP contribution in [0.3, 0.4) is 0 Å². The van der Waals surface area contributed by atoms with Crippen molar-refractivity contribution in [2.24, 2.45) is 5.84 Å². The minimum Gasteiger partial charge on any atom is -0.307 e. The third-order valence-corrected chi connectivity index (χ3v) is 5.47. The van der Waals surface area contributed by atoms with E-state index >= 15 is 0 Å². The SMILES string of the molecule is Cc1ccc(C(C)NS(=O)(=O)c2cccnc2NN)s1.